The zero-order valence-electron chi connectivity index (χ0n) is 17.2. The molecule has 0 radical (unpaired) electrons. The Morgan fingerprint density at radius 2 is 2.00 bits per heavy atom. The van der Waals surface area contributed by atoms with Crippen LogP contribution < -0.4 is 10.5 Å². The highest BCUT2D eigenvalue weighted by Gasteiger charge is 2.38. The summed E-state index contributed by atoms with van der Waals surface area (Å²) >= 11 is 0. The van der Waals surface area contributed by atoms with Crippen molar-refractivity contribution in [2.75, 3.05) is 26.9 Å². The van der Waals surface area contributed by atoms with Crippen molar-refractivity contribution in [2.24, 2.45) is 5.73 Å². The number of nitriles is 1. The van der Waals surface area contributed by atoms with Crippen molar-refractivity contribution in [2.45, 2.75) is 19.8 Å². The average molecular weight is 408 g/mol. The van der Waals surface area contributed by atoms with Gasteiger partial charge in [0.1, 0.15) is 29.8 Å². The number of benzene rings is 2. The van der Waals surface area contributed by atoms with Crippen LogP contribution in [-0.4, -0.2) is 32.9 Å². The maximum absolute atomic E-state index is 12.9. The van der Waals surface area contributed by atoms with Gasteiger partial charge in [0.05, 0.1) is 24.7 Å². The maximum atomic E-state index is 12.9. The number of hydrogen-bond donors (Lipinski definition) is 1. The molecule has 0 amide bonds. The van der Waals surface area contributed by atoms with E-state index in [1.54, 1.807) is 21.0 Å². The van der Waals surface area contributed by atoms with E-state index in [4.69, 9.17) is 24.7 Å². The molecule has 7 heteroatoms. The number of allylic oxidation sites excluding steroid dienone is 2. The van der Waals surface area contributed by atoms with E-state index in [9.17, 15) is 10.1 Å². The van der Waals surface area contributed by atoms with Gasteiger partial charge in [-0.2, -0.15) is 5.26 Å². The van der Waals surface area contributed by atoms with Crippen LogP contribution in [0, 0.1) is 11.3 Å². The second-order valence-corrected chi connectivity index (χ2v) is 6.65. The van der Waals surface area contributed by atoms with Crippen molar-refractivity contribution < 1.29 is 23.7 Å². The molecule has 0 saturated heterocycles. The fraction of sp³-hybridized carbons (Fsp3) is 0.304. The lowest BCUT2D eigenvalue weighted by molar-refractivity contribution is -0.139. The third kappa shape index (κ3) is 3.95. The van der Waals surface area contributed by atoms with Gasteiger partial charge in [-0.05, 0) is 30.7 Å². The fourth-order valence-corrected chi connectivity index (χ4v) is 3.58. The summed E-state index contributed by atoms with van der Waals surface area (Å²) in [6, 6.07) is 13.6. The van der Waals surface area contributed by atoms with E-state index in [1.807, 2.05) is 36.4 Å². The van der Waals surface area contributed by atoms with Gasteiger partial charge >= 0.3 is 5.97 Å². The SMILES string of the molecule is CCOC(=O)C1=C(C)OC(N)=C(C#N)C1c1c(OCCOC)ccc2ccccc12. The molecule has 1 aliphatic heterocycles. The van der Waals surface area contributed by atoms with Gasteiger partial charge in [0.25, 0.3) is 0 Å². The Kier molecular flexibility index (Phi) is 6.60. The van der Waals surface area contributed by atoms with E-state index < -0.39 is 11.9 Å². The van der Waals surface area contributed by atoms with Gasteiger partial charge < -0.3 is 24.7 Å². The molecular formula is C23H24N2O5. The summed E-state index contributed by atoms with van der Waals surface area (Å²) in [5.41, 5.74) is 7.08. The Hall–Kier alpha value is -3.50. The Morgan fingerprint density at radius 1 is 1.23 bits per heavy atom. The summed E-state index contributed by atoms with van der Waals surface area (Å²) in [5, 5.41) is 11.7. The predicted molar refractivity (Wildman–Crippen MR) is 111 cm³/mol. The van der Waals surface area contributed by atoms with Crippen molar-refractivity contribution in [3.63, 3.8) is 0 Å². The van der Waals surface area contributed by atoms with Crippen molar-refractivity contribution in [1.29, 1.82) is 5.26 Å². The molecule has 1 heterocycles. The Balaban J connectivity index is 2.30. The molecule has 156 valence electrons. The van der Waals surface area contributed by atoms with Crippen molar-refractivity contribution >= 4 is 16.7 Å². The normalized spacial score (nSPS) is 16.3. The summed E-state index contributed by atoms with van der Waals surface area (Å²) in [4.78, 5) is 12.9. The number of esters is 1. The topological polar surface area (TPSA) is 104 Å². The summed E-state index contributed by atoms with van der Waals surface area (Å²) in [6.07, 6.45) is 0. The largest absolute Gasteiger partial charge is 0.491 e. The van der Waals surface area contributed by atoms with Crippen molar-refractivity contribution in [3.05, 3.63) is 64.8 Å². The summed E-state index contributed by atoms with van der Waals surface area (Å²) in [5.74, 6) is -0.551. The molecule has 0 saturated carbocycles. The minimum atomic E-state index is -0.786. The molecule has 3 rings (SSSR count). The fourth-order valence-electron chi connectivity index (χ4n) is 3.58. The van der Waals surface area contributed by atoms with Crippen LogP contribution in [0.3, 0.4) is 0 Å². The average Bonchev–Trinajstić information content (AvgIpc) is 2.73. The van der Waals surface area contributed by atoms with Crippen molar-refractivity contribution in [3.8, 4) is 11.8 Å². The number of nitrogens with zero attached hydrogens (tertiary/aromatic N) is 1. The number of methoxy groups -OCH3 is 1. The zero-order valence-corrected chi connectivity index (χ0v) is 17.2. The Labute approximate surface area is 175 Å². The van der Waals surface area contributed by atoms with E-state index >= 15 is 0 Å². The van der Waals surface area contributed by atoms with Gasteiger partial charge in [-0.15, -0.1) is 0 Å². The third-order valence-electron chi connectivity index (χ3n) is 4.87. The van der Waals surface area contributed by atoms with E-state index in [0.29, 0.717) is 30.3 Å². The first-order chi connectivity index (χ1) is 14.5. The molecule has 0 fully saturated rings. The number of ether oxygens (including phenoxy) is 4. The number of rotatable bonds is 7. The minimum Gasteiger partial charge on any atom is -0.491 e. The van der Waals surface area contributed by atoms with Crippen LogP contribution in [0.2, 0.25) is 0 Å². The molecule has 0 bridgehead atoms. The molecule has 30 heavy (non-hydrogen) atoms. The van der Waals surface area contributed by atoms with Crippen LogP contribution in [0.5, 0.6) is 5.75 Å². The number of hydrogen-bond acceptors (Lipinski definition) is 7. The number of fused-ring (bicyclic) bond motifs is 1. The lowest BCUT2D eigenvalue weighted by atomic mass is 9.80. The maximum Gasteiger partial charge on any atom is 0.338 e. The van der Waals surface area contributed by atoms with E-state index in [0.717, 1.165) is 10.8 Å². The number of carbonyl (C=O) groups is 1. The molecule has 2 aromatic rings. The summed E-state index contributed by atoms with van der Waals surface area (Å²) in [7, 11) is 1.59. The van der Waals surface area contributed by atoms with E-state index in [2.05, 4.69) is 6.07 Å². The van der Waals surface area contributed by atoms with Crippen LogP contribution in [0.1, 0.15) is 25.3 Å². The predicted octanol–water partition coefficient (Wildman–Crippen LogP) is 3.51. The second kappa shape index (κ2) is 9.33. The standard InChI is InChI=1S/C23H24N2O5/c1-4-28-23(26)19-14(2)30-22(25)17(13-24)21(19)20-16-8-6-5-7-15(16)9-10-18(20)29-12-11-27-3/h5-10,21H,4,11-12,25H2,1-3H3. The number of carbonyl (C=O) groups excluding carboxylic acids is 1. The van der Waals surface area contributed by atoms with Crippen LogP contribution in [0.4, 0.5) is 0 Å². The smallest absolute Gasteiger partial charge is 0.338 e. The highest BCUT2D eigenvalue weighted by Crippen LogP contribution is 2.46. The van der Waals surface area contributed by atoms with Crippen LogP contribution in [-0.2, 0) is 19.0 Å². The number of nitrogens with two attached hydrogens (primary N) is 1. The molecule has 1 unspecified atom stereocenters. The quantitative estimate of drug-likeness (QED) is 0.552. The van der Waals surface area contributed by atoms with Crippen molar-refractivity contribution in [1.82, 2.24) is 0 Å². The first-order valence-electron chi connectivity index (χ1n) is 9.62. The molecule has 0 aliphatic carbocycles. The van der Waals surface area contributed by atoms with Crippen LogP contribution in [0.15, 0.2) is 59.2 Å². The van der Waals surface area contributed by atoms with Gasteiger partial charge in [0.15, 0.2) is 0 Å². The first kappa shape index (κ1) is 21.2. The highest BCUT2D eigenvalue weighted by molar-refractivity contribution is 5.96. The first-order valence-corrected chi connectivity index (χ1v) is 9.62. The molecule has 1 atom stereocenters. The minimum absolute atomic E-state index is 0.0381. The summed E-state index contributed by atoms with van der Waals surface area (Å²) in [6.45, 7) is 4.25. The molecular weight excluding hydrogens is 384 g/mol. The zero-order chi connectivity index (χ0) is 21.7. The molecule has 1 aliphatic rings. The lowest BCUT2D eigenvalue weighted by Gasteiger charge is -2.29. The molecule has 2 aromatic carbocycles. The van der Waals surface area contributed by atoms with Gasteiger partial charge in [-0.1, -0.05) is 30.3 Å². The van der Waals surface area contributed by atoms with Gasteiger partial charge in [0, 0.05) is 12.7 Å². The van der Waals surface area contributed by atoms with Crippen LogP contribution in [0.25, 0.3) is 10.8 Å². The monoisotopic (exact) mass is 408 g/mol. The lowest BCUT2D eigenvalue weighted by Crippen LogP contribution is -2.26. The molecule has 0 aromatic heterocycles. The van der Waals surface area contributed by atoms with Gasteiger partial charge in [-0.3, -0.25) is 0 Å². The van der Waals surface area contributed by atoms with Gasteiger partial charge in [0.2, 0.25) is 5.88 Å². The van der Waals surface area contributed by atoms with Crippen LogP contribution >= 0.6 is 0 Å². The summed E-state index contributed by atoms with van der Waals surface area (Å²) < 4.78 is 21.9. The second-order valence-electron chi connectivity index (χ2n) is 6.65. The molecule has 0 spiro atoms. The third-order valence-corrected chi connectivity index (χ3v) is 4.87. The Bertz CT molecular complexity index is 1060. The van der Waals surface area contributed by atoms with E-state index in [-0.39, 0.29) is 23.6 Å². The Morgan fingerprint density at radius 3 is 2.70 bits per heavy atom. The highest BCUT2D eigenvalue weighted by atomic mass is 16.5. The van der Waals surface area contributed by atoms with Gasteiger partial charge in [-0.25, -0.2) is 4.79 Å². The van der Waals surface area contributed by atoms with E-state index in [1.165, 1.54) is 0 Å². The molecule has 2 N–H and O–H groups in total. The molecule has 7 nitrogen and oxygen atoms in total.